The summed E-state index contributed by atoms with van der Waals surface area (Å²) in [5, 5.41) is 0. The third-order valence-electron chi connectivity index (χ3n) is 3.35. The molecule has 0 aliphatic heterocycles. The number of anilines is 2. The molecule has 0 spiro atoms. The van der Waals surface area contributed by atoms with Gasteiger partial charge in [0, 0.05) is 17.6 Å². The molecule has 0 saturated heterocycles. The Morgan fingerprint density at radius 3 is 1.64 bits per heavy atom. The number of rotatable bonds is 4. The van der Waals surface area contributed by atoms with E-state index in [1.165, 1.54) is 12.1 Å². The first-order valence-electron chi connectivity index (χ1n) is 7.16. The summed E-state index contributed by atoms with van der Waals surface area (Å²) in [6.45, 7) is 0. The molecule has 0 heterocycles. The van der Waals surface area contributed by atoms with Crippen LogP contribution in [0.4, 0.5) is 15.8 Å². The summed E-state index contributed by atoms with van der Waals surface area (Å²) in [5.74, 6) is -0.222. The van der Waals surface area contributed by atoms with E-state index in [4.69, 9.17) is 0 Å². The Kier molecular flexibility index (Phi) is 4.30. The van der Waals surface area contributed by atoms with Crippen LogP contribution >= 0.6 is 0 Å². The summed E-state index contributed by atoms with van der Waals surface area (Å²) in [6.07, 6.45) is 3.97. The van der Waals surface area contributed by atoms with Crippen LogP contribution in [0.3, 0.4) is 0 Å². The van der Waals surface area contributed by atoms with Gasteiger partial charge in [-0.2, -0.15) is 0 Å². The van der Waals surface area contributed by atoms with Gasteiger partial charge >= 0.3 is 0 Å². The standard InChI is InChI=1S/C20H16FN/c21-18-13-11-17(12-14-18)15-16-22(19-7-3-1-4-8-19)20-9-5-2-6-10-20/h1-16H/b16-15+. The lowest BCUT2D eigenvalue weighted by atomic mass is 10.2. The van der Waals surface area contributed by atoms with Crippen molar-refractivity contribution >= 4 is 17.5 Å². The number of halogens is 1. The van der Waals surface area contributed by atoms with Crippen LogP contribution in [-0.4, -0.2) is 0 Å². The molecule has 0 unspecified atom stereocenters. The largest absolute Gasteiger partial charge is 0.317 e. The molecule has 0 atom stereocenters. The van der Waals surface area contributed by atoms with E-state index in [0.717, 1.165) is 16.9 Å². The van der Waals surface area contributed by atoms with Crippen molar-refractivity contribution in [3.63, 3.8) is 0 Å². The third-order valence-corrected chi connectivity index (χ3v) is 3.35. The number of hydrogen-bond acceptors (Lipinski definition) is 1. The van der Waals surface area contributed by atoms with Crippen LogP contribution in [0.2, 0.25) is 0 Å². The smallest absolute Gasteiger partial charge is 0.123 e. The van der Waals surface area contributed by atoms with Gasteiger partial charge in [0.25, 0.3) is 0 Å². The van der Waals surface area contributed by atoms with Crippen LogP contribution < -0.4 is 4.90 Å². The second-order valence-corrected chi connectivity index (χ2v) is 4.91. The van der Waals surface area contributed by atoms with Gasteiger partial charge in [-0.1, -0.05) is 48.5 Å². The van der Waals surface area contributed by atoms with Crippen molar-refractivity contribution in [1.29, 1.82) is 0 Å². The normalized spacial score (nSPS) is 10.8. The molecule has 1 nitrogen and oxygen atoms in total. The van der Waals surface area contributed by atoms with Gasteiger partial charge in [0.15, 0.2) is 0 Å². The molecule has 108 valence electrons. The van der Waals surface area contributed by atoms with Gasteiger partial charge in [-0.15, -0.1) is 0 Å². The lowest BCUT2D eigenvalue weighted by molar-refractivity contribution is 0.628. The lowest BCUT2D eigenvalue weighted by Gasteiger charge is -2.20. The summed E-state index contributed by atoms with van der Waals surface area (Å²) < 4.78 is 13.0. The van der Waals surface area contributed by atoms with Crippen LogP contribution in [0.25, 0.3) is 6.08 Å². The molecule has 3 aromatic carbocycles. The molecule has 0 aliphatic rings. The van der Waals surface area contributed by atoms with Crippen molar-refractivity contribution in [3.8, 4) is 0 Å². The Labute approximate surface area is 130 Å². The average molecular weight is 289 g/mol. The number of benzene rings is 3. The predicted octanol–water partition coefficient (Wildman–Crippen LogP) is 5.63. The van der Waals surface area contributed by atoms with Gasteiger partial charge in [-0.05, 0) is 48.0 Å². The number of nitrogens with zero attached hydrogens (tertiary/aromatic N) is 1. The fourth-order valence-corrected chi connectivity index (χ4v) is 2.23. The van der Waals surface area contributed by atoms with Gasteiger partial charge in [-0.3, -0.25) is 0 Å². The van der Waals surface area contributed by atoms with Crippen molar-refractivity contribution in [2.24, 2.45) is 0 Å². The average Bonchev–Trinajstić information content (AvgIpc) is 2.59. The summed E-state index contributed by atoms with van der Waals surface area (Å²) >= 11 is 0. The van der Waals surface area contributed by atoms with E-state index in [1.807, 2.05) is 48.7 Å². The first-order valence-corrected chi connectivity index (χ1v) is 7.16. The van der Waals surface area contributed by atoms with E-state index < -0.39 is 0 Å². The molecule has 2 heteroatoms. The maximum Gasteiger partial charge on any atom is 0.123 e. The van der Waals surface area contributed by atoms with E-state index in [-0.39, 0.29) is 5.82 Å². The van der Waals surface area contributed by atoms with Crippen LogP contribution in [0.15, 0.2) is 91.1 Å². The minimum absolute atomic E-state index is 0.222. The second-order valence-electron chi connectivity index (χ2n) is 4.91. The first-order chi connectivity index (χ1) is 10.8. The predicted molar refractivity (Wildman–Crippen MR) is 90.5 cm³/mol. The van der Waals surface area contributed by atoms with Crippen LogP contribution in [-0.2, 0) is 0 Å². The quantitative estimate of drug-likeness (QED) is 0.601. The van der Waals surface area contributed by atoms with Crippen molar-refractivity contribution in [2.75, 3.05) is 4.90 Å². The highest BCUT2D eigenvalue weighted by Crippen LogP contribution is 2.25. The minimum Gasteiger partial charge on any atom is -0.317 e. The maximum atomic E-state index is 13.0. The Bertz CT molecular complexity index is 694. The van der Waals surface area contributed by atoms with Crippen molar-refractivity contribution in [3.05, 3.63) is 103 Å². The lowest BCUT2D eigenvalue weighted by Crippen LogP contribution is -2.07. The molecule has 0 fully saturated rings. The highest BCUT2D eigenvalue weighted by atomic mass is 19.1. The molecule has 0 bridgehead atoms. The van der Waals surface area contributed by atoms with E-state index in [0.29, 0.717) is 0 Å². The van der Waals surface area contributed by atoms with Crippen molar-refractivity contribution < 1.29 is 4.39 Å². The highest BCUT2D eigenvalue weighted by Gasteiger charge is 2.04. The van der Waals surface area contributed by atoms with E-state index in [9.17, 15) is 4.39 Å². The van der Waals surface area contributed by atoms with Gasteiger partial charge in [-0.25, -0.2) is 4.39 Å². The monoisotopic (exact) mass is 289 g/mol. The Morgan fingerprint density at radius 1 is 0.636 bits per heavy atom. The molecule has 0 N–H and O–H groups in total. The molecule has 0 radical (unpaired) electrons. The fourth-order valence-electron chi connectivity index (χ4n) is 2.23. The van der Waals surface area contributed by atoms with Crippen molar-refractivity contribution in [1.82, 2.24) is 0 Å². The Morgan fingerprint density at radius 2 is 1.14 bits per heavy atom. The zero-order chi connectivity index (χ0) is 15.2. The number of hydrogen-bond donors (Lipinski definition) is 0. The van der Waals surface area contributed by atoms with Gasteiger partial charge in [0.1, 0.15) is 5.82 Å². The molecule has 0 aliphatic carbocycles. The van der Waals surface area contributed by atoms with Gasteiger partial charge < -0.3 is 4.90 Å². The topological polar surface area (TPSA) is 3.24 Å². The van der Waals surface area contributed by atoms with E-state index >= 15 is 0 Å². The molecule has 3 aromatic rings. The zero-order valence-electron chi connectivity index (χ0n) is 12.1. The van der Waals surface area contributed by atoms with Crippen molar-refractivity contribution in [2.45, 2.75) is 0 Å². The molecule has 0 saturated carbocycles. The maximum absolute atomic E-state index is 13.0. The summed E-state index contributed by atoms with van der Waals surface area (Å²) in [4.78, 5) is 2.10. The van der Waals surface area contributed by atoms with E-state index in [2.05, 4.69) is 29.2 Å². The molecule has 3 rings (SSSR count). The summed E-state index contributed by atoms with van der Waals surface area (Å²) in [6, 6.07) is 26.7. The van der Waals surface area contributed by atoms with E-state index in [1.54, 1.807) is 12.1 Å². The zero-order valence-corrected chi connectivity index (χ0v) is 12.1. The molecular formula is C20H16FN. The SMILES string of the molecule is Fc1ccc(/C=C/N(c2ccccc2)c2ccccc2)cc1. The van der Waals surface area contributed by atoms with Gasteiger partial charge in [0.2, 0.25) is 0 Å². The summed E-state index contributed by atoms with van der Waals surface area (Å²) in [5.41, 5.74) is 3.11. The molecule has 0 aromatic heterocycles. The first kappa shape index (κ1) is 14.1. The minimum atomic E-state index is -0.222. The molecule has 22 heavy (non-hydrogen) atoms. The molecular weight excluding hydrogens is 273 g/mol. The molecule has 0 amide bonds. The van der Waals surface area contributed by atoms with Crippen LogP contribution in [0.5, 0.6) is 0 Å². The highest BCUT2D eigenvalue weighted by molar-refractivity contribution is 5.69. The van der Waals surface area contributed by atoms with Crippen LogP contribution in [0, 0.1) is 5.82 Å². The van der Waals surface area contributed by atoms with Gasteiger partial charge in [0.05, 0.1) is 0 Å². The Hall–Kier alpha value is -2.87. The van der Waals surface area contributed by atoms with Crippen LogP contribution in [0.1, 0.15) is 5.56 Å². The number of para-hydroxylation sites is 2. The second kappa shape index (κ2) is 6.72. The Balaban J connectivity index is 1.94. The summed E-state index contributed by atoms with van der Waals surface area (Å²) in [7, 11) is 0. The third kappa shape index (κ3) is 3.41. The fraction of sp³-hybridized carbons (Fsp3) is 0.